The van der Waals surface area contributed by atoms with Crippen molar-refractivity contribution in [2.75, 3.05) is 18.0 Å². The maximum atomic E-state index is 11.3. The molecule has 0 spiro atoms. The van der Waals surface area contributed by atoms with E-state index in [4.69, 9.17) is 10.7 Å². The molecule has 3 heterocycles. The van der Waals surface area contributed by atoms with Crippen LogP contribution in [0.3, 0.4) is 0 Å². The van der Waals surface area contributed by atoms with Gasteiger partial charge in [-0.15, -0.1) is 0 Å². The van der Waals surface area contributed by atoms with E-state index in [1.165, 1.54) is 10.9 Å². The van der Waals surface area contributed by atoms with Gasteiger partial charge in [-0.2, -0.15) is 0 Å². The summed E-state index contributed by atoms with van der Waals surface area (Å²) in [6, 6.07) is 10.4. The Hall–Kier alpha value is -2.89. The number of para-hydroxylation sites is 1. The van der Waals surface area contributed by atoms with Gasteiger partial charge in [-0.25, -0.2) is 9.97 Å². The standard InChI is InChI=1S/C20H23N5O/c1-14-11-19(23-17-7-3-2-6-16(14)17)24-9-4-5-15(12-24)20-22-8-10-25(20)13-18(21)26/h2-3,6-8,10-11,15H,4-5,9,12-13H2,1H3,(H2,21,26)/t15-/m1/s1. The van der Waals surface area contributed by atoms with E-state index in [1.807, 2.05) is 22.9 Å². The number of primary amides is 1. The maximum absolute atomic E-state index is 11.3. The van der Waals surface area contributed by atoms with E-state index in [-0.39, 0.29) is 18.4 Å². The number of carbonyl (C=O) groups is 1. The minimum absolute atomic E-state index is 0.180. The zero-order valence-corrected chi connectivity index (χ0v) is 14.9. The summed E-state index contributed by atoms with van der Waals surface area (Å²) in [5.41, 5.74) is 7.63. The Balaban J connectivity index is 1.61. The second-order valence-electron chi connectivity index (χ2n) is 6.98. The molecular weight excluding hydrogens is 326 g/mol. The van der Waals surface area contributed by atoms with Crippen LogP contribution in [0.4, 0.5) is 5.82 Å². The molecule has 1 atom stereocenters. The van der Waals surface area contributed by atoms with Crippen molar-refractivity contribution >= 4 is 22.6 Å². The second kappa shape index (κ2) is 6.78. The fraction of sp³-hybridized carbons (Fsp3) is 0.350. The number of carbonyl (C=O) groups excluding carboxylic acids is 1. The Labute approximate surface area is 152 Å². The van der Waals surface area contributed by atoms with Crippen LogP contribution in [0.15, 0.2) is 42.7 Å². The molecule has 26 heavy (non-hydrogen) atoms. The molecule has 1 aromatic carbocycles. The van der Waals surface area contributed by atoms with Crippen molar-refractivity contribution in [3.8, 4) is 0 Å². The van der Waals surface area contributed by atoms with Crippen LogP contribution in [0.25, 0.3) is 10.9 Å². The topological polar surface area (TPSA) is 77.0 Å². The van der Waals surface area contributed by atoms with Crippen LogP contribution in [-0.4, -0.2) is 33.5 Å². The highest BCUT2D eigenvalue weighted by Crippen LogP contribution is 2.30. The Morgan fingerprint density at radius 1 is 1.35 bits per heavy atom. The first-order valence-electron chi connectivity index (χ1n) is 9.02. The summed E-state index contributed by atoms with van der Waals surface area (Å²) >= 11 is 0. The van der Waals surface area contributed by atoms with Crippen LogP contribution in [0.2, 0.25) is 0 Å². The van der Waals surface area contributed by atoms with Gasteiger partial charge < -0.3 is 15.2 Å². The number of aromatic nitrogens is 3. The minimum atomic E-state index is -0.344. The molecule has 1 aliphatic rings. The van der Waals surface area contributed by atoms with Crippen molar-refractivity contribution in [3.63, 3.8) is 0 Å². The summed E-state index contributed by atoms with van der Waals surface area (Å²) in [4.78, 5) is 23.0. The highest BCUT2D eigenvalue weighted by Gasteiger charge is 2.26. The van der Waals surface area contributed by atoms with Crippen molar-refractivity contribution < 1.29 is 4.79 Å². The average Bonchev–Trinajstić information content (AvgIpc) is 3.09. The predicted octanol–water partition coefficient (Wildman–Crippen LogP) is 2.61. The molecule has 4 rings (SSSR count). The third-order valence-corrected chi connectivity index (χ3v) is 5.09. The van der Waals surface area contributed by atoms with E-state index in [2.05, 4.69) is 35.0 Å². The van der Waals surface area contributed by atoms with Gasteiger partial charge in [0.05, 0.1) is 5.52 Å². The minimum Gasteiger partial charge on any atom is -0.368 e. The van der Waals surface area contributed by atoms with Crippen molar-refractivity contribution in [1.29, 1.82) is 0 Å². The molecule has 1 aliphatic heterocycles. The van der Waals surface area contributed by atoms with Crippen LogP contribution < -0.4 is 10.6 Å². The number of piperidine rings is 1. The Morgan fingerprint density at radius 3 is 3.04 bits per heavy atom. The van der Waals surface area contributed by atoms with Gasteiger partial charge in [-0.3, -0.25) is 4.79 Å². The number of pyridine rings is 1. The van der Waals surface area contributed by atoms with E-state index in [9.17, 15) is 4.79 Å². The van der Waals surface area contributed by atoms with Crippen LogP contribution in [0.5, 0.6) is 0 Å². The van der Waals surface area contributed by atoms with Gasteiger partial charge in [-0.1, -0.05) is 18.2 Å². The summed E-state index contributed by atoms with van der Waals surface area (Å²) in [5, 5.41) is 1.20. The molecule has 2 N–H and O–H groups in total. The van der Waals surface area contributed by atoms with E-state index < -0.39 is 0 Å². The summed E-state index contributed by atoms with van der Waals surface area (Å²) in [6.07, 6.45) is 5.70. The highest BCUT2D eigenvalue weighted by atomic mass is 16.1. The quantitative estimate of drug-likeness (QED) is 0.785. The highest BCUT2D eigenvalue weighted by molar-refractivity contribution is 5.83. The van der Waals surface area contributed by atoms with E-state index in [0.29, 0.717) is 0 Å². The molecule has 134 valence electrons. The third kappa shape index (κ3) is 3.14. The third-order valence-electron chi connectivity index (χ3n) is 5.09. The number of hydrogen-bond acceptors (Lipinski definition) is 4. The molecule has 6 nitrogen and oxygen atoms in total. The Bertz CT molecular complexity index is 948. The monoisotopic (exact) mass is 349 g/mol. The molecule has 0 radical (unpaired) electrons. The lowest BCUT2D eigenvalue weighted by Gasteiger charge is -2.33. The number of amides is 1. The number of benzene rings is 1. The first-order valence-corrected chi connectivity index (χ1v) is 9.02. The summed E-state index contributed by atoms with van der Waals surface area (Å²) in [7, 11) is 0. The number of fused-ring (bicyclic) bond motifs is 1. The molecule has 1 saturated heterocycles. The predicted molar refractivity (Wildman–Crippen MR) is 102 cm³/mol. The first kappa shape index (κ1) is 16.6. The Kier molecular flexibility index (Phi) is 4.32. The SMILES string of the molecule is Cc1cc(N2CCC[C@@H](c3nccn3CC(N)=O)C2)nc2ccccc12. The van der Waals surface area contributed by atoms with E-state index >= 15 is 0 Å². The molecule has 6 heteroatoms. The number of aryl methyl sites for hydroxylation is 1. The molecule has 0 saturated carbocycles. The number of rotatable bonds is 4. The lowest BCUT2D eigenvalue weighted by Crippen LogP contribution is -2.36. The summed E-state index contributed by atoms with van der Waals surface area (Å²) < 4.78 is 1.87. The van der Waals surface area contributed by atoms with Crippen LogP contribution >= 0.6 is 0 Å². The fourth-order valence-electron chi connectivity index (χ4n) is 3.87. The van der Waals surface area contributed by atoms with Crippen LogP contribution in [-0.2, 0) is 11.3 Å². The number of hydrogen-bond donors (Lipinski definition) is 1. The summed E-state index contributed by atoms with van der Waals surface area (Å²) in [6.45, 7) is 4.14. The fourth-order valence-corrected chi connectivity index (χ4v) is 3.87. The maximum Gasteiger partial charge on any atom is 0.237 e. The van der Waals surface area contributed by atoms with Gasteiger partial charge in [0.2, 0.25) is 5.91 Å². The summed E-state index contributed by atoms with van der Waals surface area (Å²) in [5.74, 6) is 1.88. The molecule has 3 aromatic rings. The lowest BCUT2D eigenvalue weighted by atomic mass is 9.97. The van der Waals surface area contributed by atoms with E-state index in [1.54, 1.807) is 6.20 Å². The first-order chi connectivity index (χ1) is 12.6. The number of nitrogens with zero attached hydrogens (tertiary/aromatic N) is 4. The Morgan fingerprint density at radius 2 is 2.19 bits per heavy atom. The second-order valence-corrected chi connectivity index (χ2v) is 6.98. The molecular formula is C20H23N5O. The molecule has 0 aliphatic carbocycles. The van der Waals surface area contributed by atoms with Gasteiger partial charge >= 0.3 is 0 Å². The van der Waals surface area contributed by atoms with Gasteiger partial charge in [0.25, 0.3) is 0 Å². The average molecular weight is 349 g/mol. The van der Waals surface area contributed by atoms with Gasteiger partial charge in [0.15, 0.2) is 0 Å². The van der Waals surface area contributed by atoms with Crippen molar-refractivity contribution in [2.45, 2.75) is 32.2 Å². The number of imidazole rings is 1. The smallest absolute Gasteiger partial charge is 0.237 e. The van der Waals surface area contributed by atoms with Gasteiger partial charge in [-0.05, 0) is 37.5 Å². The molecule has 0 bridgehead atoms. The zero-order chi connectivity index (χ0) is 18.1. The largest absolute Gasteiger partial charge is 0.368 e. The molecule has 1 fully saturated rings. The molecule has 2 aromatic heterocycles. The zero-order valence-electron chi connectivity index (χ0n) is 14.9. The normalized spacial score (nSPS) is 17.6. The van der Waals surface area contributed by atoms with Crippen molar-refractivity contribution in [1.82, 2.24) is 14.5 Å². The van der Waals surface area contributed by atoms with Gasteiger partial charge in [0, 0.05) is 36.8 Å². The van der Waals surface area contributed by atoms with Crippen LogP contribution in [0.1, 0.15) is 30.1 Å². The van der Waals surface area contributed by atoms with Crippen molar-refractivity contribution in [2.24, 2.45) is 5.73 Å². The number of nitrogens with two attached hydrogens (primary N) is 1. The lowest BCUT2D eigenvalue weighted by molar-refractivity contribution is -0.118. The van der Waals surface area contributed by atoms with Crippen LogP contribution in [0, 0.1) is 6.92 Å². The molecule has 1 amide bonds. The van der Waals surface area contributed by atoms with E-state index in [0.717, 1.165) is 43.1 Å². The van der Waals surface area contributed by atoms with Gasteiger partial charge in [0.1, 0.15) is 18.2 Å². The number of anilines is 1. The van der Waals surface area contributed by atoms with Crippen molar-refractivity contribution in [3.05, 3.63) is 54.1 Å². The molecule has 0 unspecified atom stereocenters.